The van der Waals surface area contributed by atoms with Crippen molar-refractivity contribution in [3.8, 4) is 0 Å². The Balaban J connectivity index is 2.98. The Morgan fingerprint density at radius 3 is 2.85 bits per heavy atom. The van der Waals surface area contributed by atoms with Crippen LogP contribution in [0.5, 0.6) is 0 Å². The predicted octanol–water partition coefficient (Wildman–Crippen LogP) is 0.657. The van der Waals surface area contributed by atoms with Gasteiger partial charge in [-0.3, -0.25) is 9.78 Å². The Kier molecular flexibility index (Phi) is 3.11. The van der Waals surface area contributed by atoms with Gasteiger partial charge in [0, 0.05) is 18.2 Å². The van der Waals surface area contributed by atoms with Crippen LogP contribution < -0.4 is 0 Å². The van der Waals surface area contributed by atoms with Gasteiger partial charge in [-0.2, -0.15) is 0 Å². The van der Waals surface area contributed by atoms with E-state index in [1.165, 1.54) is 18.3 Å². The molecule has 0 saturated heterocycles. The van der Waals surface area contributed by atoms with Crippen molar-refractivity contribution < 1.29 is 15.0 Å². The fourth-order valence-corrected chi connectivity index (χ4v) is 0.941. The third-order valence-electron chi connectivity index (χ3n) is 1.69. The molecule has 0 bridgehead atoms. The molecule has 0 aliphatic heterocycles. The SMILES string of the molecule is CCC(=O)c1cc(C(O)O)ccn1. The van der Waals surface area contributed by atoms with E-state index in [0.717, 1.165) is 0 Å². The smallest absolute Gasteiger partial charge is 0.180 e. The summed E-state index contributed by atoms with van der Waals surface area (Å²) in [7, 11) is 0. The second-order valence-electron chi connectivity index (χ2n) is 2.62. The first-order valence-corrected chi connectivity index (χ1v) is 4.00. The first kappa shape index (κ1) is 9.83. The van der Waals surface area contributed by atoms with Gasteiger partial charge < -0.3 is 10.2 Å². The highest BCUT2D eigenvalue weighted by Crippen LogP contribution is 2.10. The topological polar surface area (TPSA) is 70.4 Å². The lowest BCUT2D eigenvalue weighted by Gasteiger charge is -2.04. The van der Waals surface area contributed by atoms with Crippen LogP contribution >= 0.6 is 0 Å². The molecule has 1 aromatic rings. The zero-order valence-electron chi connectivity index (χ0n) is 7.27. The zero-order chi connectivity index (χ0) is 9.84. The molecule has 0 amide bonds. The number of carbonyl (C=O) groups excluding carboxylic acids is 1. The number of carbonyl (C=O) groups is 1. The summed E-state index contributed by atoms with van der Waals surface area (Å²) in [5, 5.41) is 17.6. The van der Waals surface area contributed by atoms with Crippen molar-refractivity contribution in [2.45, 2.75) is 19.6 Å². The average molecular weight is 181 g/mol. The van der Waals surface area contributed by atoms with Crippen molar-refractivity contribution in [1.29, 1.82) is 0 Å². The summed E-state index contributed by atoms with van der Waals surface area (Å²) in [5.41, 5.74) is 0.555. The number of aliphatic hydroxyl groups excluding tert-OH is 1. The van der Waals surface area contributed by atoms with Crippen LogP contribution in [0.15, 0.2) is 18.3 Å². The molecule has 0 aliphatic carbocycles. The third kappa shape index (κ3) is 2.34. The summed E-state index contributed by atoms with van der Waals surface area (Å²) in [6.45, 7) is 1.73. The molecular formula is C9H11NO3. The van der Waals surface area contributed by atoms with Gasteiger partial charge in [0.1, 0.15) is 5.69 Å². The molecule has 0 atom stereocenters. The molecule has 0 radical (unpaired) electrons. The number of Topliss-reactive ketones (excluding diaryl/α,β-unsaturated/α-hetero) is 1. The minimum Gasteiger partial charge on any atom is -0.364 e. The molecule has 1 aromatic heterocycles. The lowest BCUT2D eigenvalue weighted by molar-refractivity contribution is -0.0425. The van der Waals surface area contributed by atoms with Crippen LogP contribution in [0.1, 0.15) is 35.7 Å². The van der Waals surface area contributed by atoms with Crippen molar-refractivity contribution in [3.63, 3.8) is 0 Å². The maximum atomic E-state index is 11.2. The number of hydrogen-bond acceptors (Lipinski definition) is 4. The van der Waals surface area contributed by atoms with Crippen molar-refractivity contribution in [1.82, 2.24) is 4.98 Å². The number of rotatable bonds is 3. The van der Waals surface area contributed by atoms with Gasteiger partial charge in [0.25, 0.3) is 0 Å². The third-order valence-corrected chi connectivity index (χ3v) is 1.69. The molecule has 0 unspecified atom stereocenters. The predicted molar refractivity (Wildman–Crippen MR) is 46.0 cm³/mol. The van der Waals surface area contributed by atoms with E-state index in [2.05, 4.69) is 4.98 Å². The van der Waals surface area contributed by atoms with Crippen LogP contribution in [0.4, 0.5) is 0 Å². The van der Waals surface area contributed by atoms with E-state index in [1.54, 1.807) is 6.92 Å². The van der Waals surface area contributed by atoms with E-state index in [0.29, 0.717) is 6.42 Å². The second-order valence-corrected chi connectivity index (χ2v) is 2.62. The second kappa shape index (κ2) is 4.11. The molecule has 13 heavy (non-hydrogen) atoms. The van der Waals surface area contributed by atoms with E-state index in [4.69, 9.17) is 10.2 Å². The quantitative estimate of drug-likeness (QED) is 0.530. The van der Waals surface area contributed by atoms with Gasteiger partial charge in [-0.25, -0.2) is 0 Å². The lowest BCUT2D eigenvalue weighted by atomic mass is 10.1. The number of nitrogens with zero attached hydrogens (tertiary/aromatic N) is 1. The zero-order valence-corrected chi connectivity index (χ0v) is 7.27. The summed E-state index contributed by atoms with van der Waals surface area (Å²) in [6, 6.07) is 2.84. The van der Waals surface area contributed by atoms with Gasteiger partial charge >= 0.3 is 0 Å². The number of pyridine rings is 1. The monoisotopic (exact) mass is 181 g/mol. The van der Waals surface area contributed by atoms with Crippen LogP contribution in [0.3, 0.4) is 0 Å². The Morgan fingerprint density at radius 2 is 2.31 bits per heavy atom. The van der Waals surface area contributed by atoms with Crippen LogP contribution in [0.2, 0.25) is 0 Å². The molecule has 4 heteroatoms. The minimum absolute atomic E-state index is 0.109. The fourth-order valence-electron chi connectivity index (χ4n) is 0.941. The summed E-state index contributed by atoms with van der Waals surface area (Å²) >= 11 is 0. The molecule has 1 heterocycles. The van der Waals surface area contributed by atoms with Gasteiger partial charge in [0.2, 0.25) is 0 Å². The minimum atomic E-state index is -1.55. The first-order chi connectivity index (χ1) is 6.15. The summed E-state index contributed by atoms with van der Waals surface area (Å²) < 4.78 is 0. The van der Waals surface area contributed by atoms with E-state index in [9.17, 15) is 4.79 Å². The number of hydrogen-bond donors (Lipinski definition) is 2. The number of aromatic nitrogens is 1. The van der Waals surface area contributed by atoms with Gasteiger partial charge in [-0.05, 0) is 12.1 Å². The molecule has 4 nitrogen and oxygen atoms in total. The highest BCUT2D eigenvalue weighted by Gasteiger charge is 2.08. The van der Waals surface area contributed by atoms with Crippen molar-refractivity contribution in [2.75, 3.05) is 0 Å². The summed E-state index contributed by atoms with van der Waals surface area (Å²) in [6.07, 6.45) is 0.196. The molecule has 1 rings (SSSR count). The summed E-state index contributed by atoms with van der Waals surface area (Å²) in [5.74, 6) is -0.109. The highest BCUT2D eigenvalue weighted by molar-refractivity contribution is 5.94. The standard InChI is InChI=1S/C9H11NO3/c1-2-8(11)7-5-6(9(12)13)3-4-10-7/h3-5,9,12-13H,2H2,1H3. The van der Waals surface area contributed by atoms with E-state index < -0.39 is 6.29 Å². The first-order valence-electron chi connectivity index (χ1n) is 4.00. The highest BCUT2D eigenvalue weighted by atomic mass is 16.5. The van der Waals surface area contributed by atoms with Crippen LogP contribution in [0.25, 0.3) is 0 Å². The molecule has 0 fully saturated rings. The van der Waals surface area contributed by atoms with Gasteiger partial charge in [-0.15, -0.1) is 0 Å². The van der Waals surface area contributed by atoms with E-state index in [1.807, 2.05) is 0 Å². The molecular weight excluding hydrogens is 170 g/mol. The van der Waals surface area contributed by atoms with Gasteiger partial charge in [-0.1, -0.05) is 6.92 Å². The van der Waals surface area contributed by atoms with Crippen LogP contribution in [0, 0.1) is 0 Å². The number of ketones is 1. The molecule has 70 valence electrons. The van der Waals surface area contributed by atoms with E-state index in [-0.39, 0.29) is 17.0 Å². The Bertz CT molecular complexity index is 309. The number of aliphatic hydroxyl groups is 2. The Hall–Kier alpha value is -1.26. The van der Waals surface area contributed by atoms with Gasteiger partial charge in [0.15, 0.2) is 12.1 Å². The normalized spacial score (nSPS) is 10.5. The van der Waals surface area contributed by atoms with Crippen LogP contribution in [-0.2, 0) is 0 Å². The maximum Gasteiger partial charge on any atom is 0.180 e. The molecule has 0 aliphatic rings. The van der Waals surface area contributed by atoms with E-state index >= 15 is 0 Å². The van der Waals surface area contributed by atoms with Crippen molar-refractivity contribution in [2.24, 2.45) is 0 Å². The van der Waals surface area contributed by atoms with Crippen molar-refractivity contribution in [3.05, 3.63) is 29.6 Å². The largest absolute Gasteiger partial charge is 0.364 e. The van der Waals surface area contributed by atoms with Crippen molar-refractivity contribution >= 4 is 5.78 Å². The Morgan fingerprint density at radius 1 is 1.62 bits per heavy atom. The average Bonchev–Trinajstić information content (AvgIpc) is 2.17. The van der Waals surface area contributed by atoms with Crippen LogP contribution in [-0.4, -0.2) is 21.0 Å². The Labute approximate surface area is 75.9 Å². The van der Waals surface area contributed by atoms with Gasteiger partial charge in [0.05, 0.1) is 0 Å². The summed E-state index contributed by atoms with van der Waals surface area (Å²) in [4.78, 5) is 15.0. The lowest BCUT2D eigenvalue weighted by Crippen LogP contribution is -2.03. The fraction of sp³-hybridized carbons (Fsp3) is 0.333. The molecule has 0 saturated carbocycles. The molecule has 2 N–H and O–H groups in total. The molecule has 0 spiro atoms. The molecule has 0 aromatic carbocycles. The maximum absolute atomic E-state index is 11.2.